The molecule has 0 aromatic heterocycles. The van der Waals surface area contributed by atoms with Gasteiger partial charge in [-0.1, -0.05) is 29.3 Å². The van der Waals surface area contributed by atoms with E-state index in [9.17, 15) is 0 Å². The Morgan fingerprint density at radius 1 is 1.22 bits per heavy atom. The molecule has 27 heavy (non-hydrogen) atoms. The molecule has 1 heterocycles. The number of rotatable bonds is 9. The number of methoxy groups -OCH3 is 1. The summed E-state index contributed by atoms with van der Waals surface area (Å²) >= 11 is 12.1. The number of halogens is 2. The van der Waals surface area contributed by atoms with Gasteiger partial charge >= 0.3 is 0 Å². The van der Waals surface area contributed by atoms with Crippen molar-refractivity contribution in [2.45, 2.75) is 25.4 Å². The quantitative estimate of drug-likeness (QED) is 0.378. The van der Waals surface area contributed by atoms with E-state index in [1.54, 1.807) is 26.3 Å². The molecular weight excluding hydrogens is 389 g/mol. The smallest absolute Gasteiger partial charge is 0.193 e. The van der Waals surface area contributed by atoms with Crippen LogP contribution in [0.4, 0.5) is 0 Å². The molecule has 1 aromatic carbocycles. The molecule has 0 saturated carbocycles. The van der Waals surface area contributed by atoms with Gasteiger partial charge in [0.1, 0.15) is 17.4 Å². The van der Waals surface area contributed by atoms with Crippen molar-refractivity contribution in [1.29, 1.82) is 0 Å². The van der Waals surface area contributed by atoms with Crippen LogP contribution < -0.4 is 10.1 Å². The zero-order valence-electron chi connectivity index (χ0n) is 16.0. The second kappa shape index (κ2) is 12.3. The van der Waals surface area contributed by atoms with Crippen LogP contribution in [0, 0.1) is 0 Å². The van der Waals surface area contributed by atoms with Crippen molar-refractivity contribution in [1.82, 2.24) is 10.2 Å². The van der Waals surface area contributed by atoms with Gasteiger partial charge in [0.2, 0.25) is 0 Å². The normalized spacial score (nSPS) is 15.9. The minimum atomic E-state index is 0.324. The van der Waals surface area contributed by atoms with Gasteiger partial charge in [0.05, 0.1) is 17.7 Å². The first-order valence-electron chi connectivity index (χ1n) is 9.28. The summed E-state index contributed by atoms with van der Waals surface area (Å²) in [6, 6.07) is 5.36. The highest BCUT2D eigenvalue weighted by atomic mass is 35.5. The molecule has 1 aliphatic heterocycles. The Morgan fingerprint density at radius 3 is 2.70 bits per heavy atom. The summed E-state index contributed by atoms with van der Waals surface area (Å²) in [5, 5.41) is 4.27. The highest BCUT2D eigenvalue weighted by molar-refractivity contribution is 6.42. The van der Waals surface area contributed by atoms with Gasteiger partial charge in [-0.05, 0) is 31.4 Å². The van der Waals surface area contributed by atoms with Crippen molar-refractivity contribution in [2.24, 2.45) is 4.99 Å². The maximum Gasteiger partial charge on any atom is 0.193 e. The van der Waals surface area contributed by atoms with Crippen molar-refractivity contribution in [3.05, 3.63) is 28.2 Å². The summed E-state index contributed by atoms with van der Waals surface area (Å²) in [4.78, 5) is 6.62. The van der Waals surface area contributed by atoms with Crippen LogP contribution >= 0.6 is 23.2 Å². The van der Waals surface area contributed by atoms with E-state index in [0.717, 1.165) is 51.5 Å². The highest BCUT2D eigenvalue weighted by Crippen LogP contribution is 2.31. The number of nitrogens with one attached hydrogen (secondary N) is 1. The molecule has 0 atom stereocenters. The molecule has 0 bridgehead atoms. The summed E-state index contributed by atoms with van der Waals surface area (Å²) in [7, 11) is 3.51. The molecule has 0 radical (unpaired) electrons. The second-order valence-corrected chi connectivity index (χ2v) is 7.06. The first kappa shape index (κ1) is 22.1. The van der Waals surface area contributed by atoms with Crippen LogP contribution in [-0.4, -0.2) is 70.6 Å². The SMILES string of the molecule is CN=C(NCCOc1cccc(Cl)c1Cl)N1CCC(OCCCOC)CC1. The molecule has 2 rings (SSSR count). The Kier molecular flexibility index (Phi) is 10.1. The van der Waals surface area contributed by atoms with Gasteiger partial charge in [-0.3, -0.25) is 4.99 Å². The number of aliphatic imine (C=N–C) groups is 1. The van der Waals surface area contributed by atoms with E-state index in [2.05, 4.69) is 15.2 Å². The largest absolute Gasteiger partial charge is 0.490 e. The second-order valence-electron chi connectivity index (χ2n) is 6.28. The maximum absolute atomic E-state index is 6.12. The molecule has 6 nitrogen and oxygen atoms in total. The average Bonchev–Trinajstić information content (AvgIpc) is 2.69. The van der Waals surface area contributed by atoms with Gasteiger partial charge in [-0.25, -0.2) is 0 Å². The zero-order valence-corrected chi connectivity index (χ0v) is 17.6. The molecule has 0 unspecified atom stereocenters. The first-order valence-corrected chi connectivity index (χ1v) is 10.0. The van der Waals surface area contributed by atoms with Gasteiger partial charge in [0.15, 0.2) is 5.96 Å². The van der Waals surface area contributed by atoms with E-state index in [0.29, 0.717) is 35.1 Å². The van der Waals surface area contributed by atoms with Gasteiger partial charge in [-0.15, -0.1) is 0 Å². The summed E-state index contributed by atoms with van der Waals surface area (Å²) < 4.78 is 16.6. The van der Waals surface area contributed by atoms with Crippen LogP contribution in [0.3, 0.4) is 0 Å². The Hall–Kier alpha value is -1.21. The number of likely N-dealkylation sites (tertiary alicyclic amines) is 1. The summed E-state index contributed by atoms with van der Waals surface area (Å²) in [6.07, 6.45) is 3.27. The fourth-order valence-electron chi connectivity index (χ4n) is 2.94. The Morgan fingerprint density at radius 2 is 2.00 bits per heavy atom. The third-order valence-electron chi connectivity index (χ3n) is 4.36. The summed E-state index contributed by atoms with van der Waals surface area (Å²) in [5.41, 5.74) is 0. The fourth-order valence-corrected chi connectivity index (χ4v) is 3.29. The molecule has 1 fully saturated rings. The van der Waals surface area contributed by atoms with E-state index in [1.807, 2.05) is 6.07 Å². The molecule has 0 amide bonds. The van der Waals surface area contributed by atoms with E-state index in [1.165, 1.54) is 0 Å². The van der Waals surface area contributed by atoms with E-state index in [-0.39, 0.29) is 0 Å². The van der Waals surface area contributed by atoms with Crippen molar-refractivity contribution in [3.63, 3.8) is 0 Å². The number of hydrogen-bond acceptors (Lipinski definition) is 4. The molecule has 1 saturated heterocycles. The van der Waals surface area contributed by atoms with Crippen LogP contribution in [-0.2, 0) is 9.47 Å². The minimum absolute atomic E-state index is 0.324. The third kappa shape index (κ3) is 7.37. The maximum atomic E-state index is 6.12. The van der Waals surface area contributed by atoms with Crippen LogP contribution in [0.5, 0.6) is 5.75 Å². The number of benzene rings is 1. The van der Waals surface area contributed by atoms with Crippen molar-refractivity contribution in [3.8, 4) is 5.75 Å². The third-order valence-corrected chi connectivity index (χ3v) is 5.16. The summed E-state index contributed by atoms with van der Waals surface area (Å²) in [6.45, 7) is 4.46. The number of ether oxygens (including phenoxy) is 3. The van der Waals surface area contributed by atoms with Crippen molar-refractivity contribution in [2.75, 3.05) is 53.6 Å². The molecular formula is C19H29Cl2N3O3. The van der Waals surface area contributed by atoms with Crippen LogP contribution in [0.2, 0.25) is 10.0 Å². The number of piperidine rings is 1. The topological polar surface area (TPSA) is 55.3 Å². The molecule has 1 aliphatic rings. The molecule has 1 N–H and O–H groups in total. The average molecular weight is 418 g/mol. The molecule has 0 spiro atoms. The Bertz CT molecular complexity index is 594. The highest BCUT2D eigenvalue weighted by Gasteiger charge is 2.21. The van der Waals surface area contributed by atoms with Gasteiger partial charge < -0.3 is 24.4 Å². The monoisotopic (exact) mass is 417 g/mol. The molecule has 0 aliphatic carbocycles. The standard InChI is InChI=1S/C19H29Cl2N3O3/c1-22-19(23-9-14-27-17-6-3-5-16(20)18(17)21)24-10-7-15(8-11-24)26-13-4-12-25-2/h3,5-6,15H,4,7-14H2,1-2H3,(H,22,23). The lowest BCUT2D eigenvalue weighted by Crippen LogP contribution is -2.47. The zero-order chi connectivity index (χ0) is 19.5. The predicted molar refractivity (Wildman–Crippen MR) is 110 cm³/mol. The van der Waals surface area contributed by atoms with E-state index in [4.69, 9.17) is 37.4 Å². The van der Waals surface area contributed by atoms with E-state index < -0.39 is 0 Å². The van der Waals surface area contributed by atoms with Crippen molar-refractivity contribution < 1.29 is 14.2 Å². The first-order chi connectivity index (χ1) is 13.2. The molecule has 152 valence electrons. The lowest BCUT2D eigenvalue weighted by atomic mass is 10.1. The lowest BCUT2D eigenvalue weighted by Gasteiger charge is -2.34. The van der Waals surface area contributed by atoms with E-state index >= 15 is 0 Å². The molecule has 8 heteroatoms. The minimum Gasteiger partial charge on any atom is -0.490 e. The summed E-state index contributed by atoms with van der Waals surface area (Å²) in [5.74, 6) is 1.47. The lowest BCUT2D eigenvalue weighted by molar-refractivity contribution is 0.00989. The van der Waals surface area contributed by atoms with Crippen molar-refractivity contribution >= 4 is 29.2 Å². The van der Waals surface area contributed by atoms with Crippen LogP contribution in [0.15, 0.2) is 23.2 Å². The number of hydrogen-bond donors (Lipinski definition) is 1. The van der Waals surface area contributed by atoms with Crippen LogP contribution in [0.25, 0.3) is 0 Å². The van der Waals surface area contributed by atoms with Gasteiger partial charge in [0, 0.05) is 40.5 Å². The molecule has 1 aromatic rings. The Balaban J connectivity index is 1.66. The fraction of sp³-hybridized carbons (Fsp3) is 0.632. The Labute approximate surface area is 171 Å². The van der Waals surface area contributed by atoms with Gasteiger partial charge in [-0.2, -0.15) is 0 Å². The number of nitrogens with zero attached hydrogens (tertiary/aromatic N) is 2. The number of guanidine groups is 1. The van der Waals surface area contributed by atoms with Crippen LogP contribution in [0.1, 0.15) is 19.3 Å². The van der Waals surface area contributed by atoms with Gasteiger partial charge in [0.25, 0.3) is 0 Å². The predicted octanol–water partition coefficient (Wildman–Crippen LogP) is 3.47.